The Kier molecular flexibility index (Phi) is 12.0. The smallest absolute Gasteiger partial charge is 0.307 e. The van der Waals surface area contributed by atoms with Crippen molar-refractivity contribution in [3.8, 4) is 12.0 Å². The summed E-state index contributed by atoms with van der Waals surface area (Å²) in [7, 11) is 0. The van der Waals surface area contributed by atoms with E-state index in [1.54, 1.807) is 23.3 Å². The number of esters is 1. The highest BCUT2D eigenvalue weighted by atomic mass is 16.6. The monoisotopic (exact) mass is 392 g/mol. The van der Waals surface area contributed by atoms with Crippen LogP contribution < -0.4 is 5.11 Å². The molecule has 6 heteroatoms. The largest absolute Gasteiger partial charge is 0.544 e. The van der Waals surface area contributed by atoms with Crippen LogP contribution in [0.2, 0.25) is 0 Å². The van der Waals surface area contributed by atoms with Crippen LogP contribution in [-0.4, -0.2) is 53.0 Å². The normalized spacial score (nSPS) is 14.9. The summed E-state index contributed by atoms with van der Waals surface area (Å²) in [6.45, 7) is 6.61. The van der Waals surface area contributed by atoms with Gasteiger partial charge in [-0.15, -0.1) is 0 Å². The fourth-order valence-corrected chi connectivity index (χ4v) is 3.20. The molecular formula is C22H36N2O4. The maximum Gasteiger partial charge on any atom is 0.307 e. The van der Waals surface area contributed by atoms with E-state index in [0.29, 0.717) is 25.2 Å². The lowest BCUT2D eigenvalue weighted by molar-refractivity contribution is -0.527. The van der Waals surface area contributed by atoms with E-state index in [-0.39, 0.29) is 12.5 Å². The Morgan fingerprint density at radius 1 is 1.14 bits per heavy atom. The van der Waals surface area contributed by atoms with Gasteiger partial charge in [-0.3, -0.25) is 9.69 Å². The second-order valence-electron chi connectivity index (χ2n) is 7.48. The predicted molar refractivity (Wildman–Crippen MR) is 108 cm³/mol. The minimum absolute atomic E-state index is 0.179. The van der Waals surface area contributed by atoms with Crippen LogP contribution in [0.3, 0.4) is 0 Å². The summed E-state index contributed by atoms with van der Waals surface area (Å²) in [4.78, 5) is 24.6. The third-order valence-corrected chi connectivity index (χ3v) is 5.01. The quantitative estimate of drug-likeness (QED) is 0.196. The summed E-state index contributed by atoms with van der Waals surface area (Å²) in [6, 6.07) is 2.96. The van der Waals surface area contributed by atoms with Crippen LogP contribution in [0.15, 0.2) is 0 Å². The van der Waals surface area contributed by atoms with Crippen molar-refractivity contribution in [3.63, 3.8) is 0 Å². The number of carbonyl (C=O) groups is 2. The van der Waals surface area contributed by atoms with Crippen LogP contribution >= 0.6 is 0 Å². The minimum atomic E-state index is -1.13. The third-order valence-electron chi connectivity index (χ3n) is 5.01. The molecule has 1 heterocycles. The molecule has 1 aliphatic heterocycles. The first-order chi connectivity index (χ1) is 13.4. The molecule has 158 valence electrons. The topological polar surface area (TPSA) is 72.7 Å². The Bertz CT molecular complexity index is 589. The molecule has 0 N–H and O–H groups in total. The van der Waals surface area contributed by atoms with Gasteiger partial charge in [-0.05, 0) is 13.3 Å². The van der Waals surface area contributed by atoms with Crippen molar-refractivity contribution in [1.82, 2.24) is 4.90 Å². The van der Waals surface area contributed by atoms with E-state index in [2.05, 4.69) is 18.9 Å². The lowest BCUT2D eigenvalue weighted by atomic mass is 10.1. The highest BCUT2D eigenvalue weighted by molar-refractivity contribution is 5.94. The van der Waals surface area contributed by atoms with Gasteiger partial charge < -0.3 is 14.6 Å². The Morgan fingerprint density at radius 3 is 2.36 bits per heavy atom. The van der Waals surface area contributed by atoms with Crippen molar-refractivity contribution in [3.05, 3.63) is 0 Å². The highest BCUT2D eigenvalue weighted by Crippen LogP contribution is 2.11. The van der Waals surface area contributed by atoms with E-state index in [1.807, 2.05) is 0 Å². The van der Waals surface area contributed by atoms with Crippen LogP contribution in [0.5, 0.6) is 0 Å². The standard InChI is InChI=1S/C22H36N2O4/c1-4-5-6-7-8-9-10-11-12-13-22(27)28-20(3)23-15-14-19(2)24(17-16-23)18-21(25)26/h20H,4-13,16-18H2,1-3H3. The molecule has 28 heavy (non-hydrogen) atoms. The molecule has 6 nitrogen and oxygen atoms in total. The van der Waals surface area contributed by atoms with Gasteiger partial charge in [-0.2, -0.15) is 0 Å². The van der Waals surface area contributed by atoms with Gasteiger partial charge in [0.05, 0.1) is 6.54 Å². The number of carboxylic acid groups (broad SMARTS) is 1. The first-order valence-electron chi connectivity index (χ1n) is 10.7. The van der Waals surface area contributed by atoms with Crippen molar-refractivity contribution in [2.75, 3.05) is 19.6 Å². The first-order valence-corrected chi connectivity index (χ1v) is 10.7. The number of hydrogen-bond acceptors (Lipinski definition) is 5. The molecule has 0 amide bonds. The van der Waals surface area contributed by atoms with Crippen LogP contribution in [0.1, 0.15) is 85.0 Å². The van der Waals surface area contributed by atoms with Crippen molar-refractivity contribution in [1.29, 1.82) is 0 Å². The maximum atomic E-state index is 12.1. The average molecular weight is 393 g/mol. The van der Waals surface area contributed by atoms with E-state index >= 15 is 0 Å². The predicted octanol–water partition coefficient (Wildman–Crippen LogP) is 2.30. The fraction of sp³-hybridized carbons (Fsp3) is 0.773. The zero-order chi connectivity index (χ0) is 20.8. The van der Waals surface area contributed by atoms with Gasteiger partial charge in [-0.25, -0.2) is 4.58 Å². The molecule has 0 aliphatic carbocycles. The van der Waals surface area contributed by atoms with Gasteiger partial charge in [0.1, 0.15) is 5.97 Å². The van der Waals surface area contributed by atoms with Crippen molar-refractivity contribution in [2.24, 2.45) is 0 Å². The van der Waals surface area contributed by atoms with Crippen molar-refractivity contribution in [2.45, 2.75) is 91.2 Å². The molecule has 0 aromatic carbocycles. The second-order valence-corrected chi connectivity index (χ2v) is 7.48. The van der Waals surface area contributed by atoms with E-state index in [0.717, 1.165) is 12.8 Å². The van der Waals surface area contributed by atoms with Gasteiger partial charge in [-0.1, -0.05) is 58.3 Å². The summed E-state index contributed by atoms with van der Waals surface area (Å²) in [5, 5.41) is 10.8. The molecule has 0 fully saturated rings. The van der Waals surface area contributed by atoms with Gasteiger partial charge in [0.2, 0.25) is 5.71 Å². The zero-order valence-electron chi connectivity index (χ0n) is 17.8. The second kappa shape index (κ2) is 14.0. The van der Waals surface area contributed by atoms with E-state index < -0.39 is 12.2 Å². The van der Waals surface area contributed by atoms with Crippen molar-refractivity contribution >= 4 is 17.7 Å². The number of carbonyl (C=O) groups excluding carboxylic acids is 2. The third kappa shape index (κ3) is 10.3. The van der Waals surface area contributed by atoms with Gasteiger partial charge in [0.15, 0.2) is 19.3 Å². The SMILES string of the molecule is CCCCCCCCCCCC(=O)OC(C)N1C#CC(C)=[N+](CC(=O)[O-])CC1. The van der Waals surface area contributed by atoms with Gasteiger partial charge in [0.25, 0.3) is 0 Å². The molecule has 0 aromatic rings. The lowest BCUT2D eigenvalue weighted by Gasteiger charge is -2.23. The van der Waals surface area contributed by atoms with Crippen LogP contribution in [0, 0.1) is 12.0 Å². The van der Waals surface area contributed by atoms with Crippen LogP contribution in [-0.2, 0) is 14.3 Å². The number of nitrogens with zero attached hydrogens (tertiary/aromatic N) is 2. The Balaban J connectivity index is 2.22. The number of ether oxygens (including phenoxy) is 1. The van der Waals surface area contributed by atoms with Crippen LogP contribution in [0.4, 0.5) is 0 Å². The molecule has 0 spiro atoms. The Labute approximate surface area is 169 Å². The summed E-state index contributed by atoms with van der Waals surface area (Å²) >= 11 is 0. The van der Waals surface area contributed by atoms with Crippen LogP contribution in [0.25, 0.3) is 0 Å². The minimum Gasteiger partial charge on any atom is -0.544 e. The maximum absolute atomic E-state index is 12.1. The first kappa shape index (κ1) is 24.0. The van der Waals surface area contributed by atoms with Crippen molar-refractivity contribution < 1.29 is 24.0 Å². The Morgan fingerprint density at radius 2 is 1.75 bits per heavy atom. The average Bonchev–Trinajstić information content (AvgIpc) is 2.82. The summed E-state index contributed by atoms with van der Waals surface area (Å²) in [5.74, 6) is 1.59. The van der Waals surface area contributed by atoms with Gasteiger partial charge in [0, 0.05) is 25.3 Å². The Hall–Kier alpha value is -2.03. The molecular weight excluding hydrogens is 356 g/mol. The molecule has 0 radical (unpaired) electrons. The summed E-state index contributed by atoms with van der Waals surface area (Å²) < 4.78 is 7.16. The molecule has 1 rings (SSSR count). The number of aliphatic carboxylic acids is 1. The van der Waals surface area contributed by atoms with E-state index in [9.17, 15) is 14.7 Å². The molecule has 0 bridgehead atoms. The molecule has 1 aliphatic rings. The zero-order valence-corrected chi connectivity index (χ0v) is 17.8. The summed E-state index contributed by atoms with van der Waals surface area (Å²) in [5.41, 5.74) is 0.680. The molecule has 1 atom stereocenters. The molecule has 0 saturated heterocycles. The van der Waals surface area contributed by atoms with Gasteiger partial charge >= 0.3 is 5.97 Å². The molecule has 0 aromatic heterocycles. The number of unbranched alkanes of at least 4 members (excludes halogenated alkanes) is 8. The lowest BCUT2D eigenvalue weighted by Crippen LogP contribution is -2.39. The molecule has 0 saturated carbocycles. The number of rotatable bonds is 14. The number of hydrogen-bond donors (Lipinski definition) is 0. The van der Waals surface area contributed by atoms with E-state index in [1.165, 1.54) is 44.9 Å². The highest BCUT2D eigenvalue weighted by Gasteiger charge is 2.20. The fourth-order valence-electron chi connectivity index (χ4n) is 3.20. The van der Waals surface area contributed by atoms with E-state index in [4.69, 9.17) is 4.74 Å². The number of carboxylic acids is 1. The summed E-state index contributed by atoms with van der Waals surface area (Å²) in [6.07, 6.45) is 10.9. The molecule has 1 unspecified atom stereocenters.